The molecule has 1 amide bonds. The summed E-state index contributed by atoms with van der Waals surface area (Å²) in [5.41, 5.74) is 0. The van der Waals surface area contributed by atoms with E-state index in [1.165, 1.54) is 12.8 Å². The third-order valence-corrected chi connectivity index (χ3v) is 2.77. The van der Waals surface area contributed by atoms with Crippen LogP contribution in [0.4, 0.5) is 0 Å². The van der Waals surface area contributed by atoms with E-state index < -0.39 is 0 Å². The molecule has 1 unspecified atom stereocenters. The molecule has 0 heterocycles. The summed E-state index contributed by atoms with van der Waals surface area (Å²) in [7, 11) is 0. The largest absolute Gasteiger partial charge is 0.356 e. The Morgan fingerprint density at radius 2 is 2.33 bits per heavy atom. The molecule has 0 aromatic carbocycles. The summed E-state index contributed by atoms with van der Waals surface area (Å²) >= 11 is 3.24. The molecule has 0 bridgehead atoms. The molecule has 1 fully saturated rings. The van der Waals surface area contributed by atoms with Crippen molar-refractivity contribution in [3.8, 4) is 0 Å². The van der Waals surface area contributed by atoms with Crippen molar-refractivity contribution in [2.24, 2.45) is 11.8 Å². The van der Waals surface area contributed by atoms with Crippen LogP contribution in [-0.4, -0.2) is 17.8 Å². The molecular formula is C9H16BrNO. The van der Waals surface area contributed by atoms with Crippen molar-refractivity contribution >= 4 is 21.8 Å². The van der Waals surface area contributed by atoms with Crippen molar-refractivity contribution in [2.75, 3.05) is 11.9 Å². The number of amides is 1. The molecule has 1 aliphatic carbocycles. The van der Waals surface area contributed by atoms with Gasteiger partial charge >= 0.3 is 0 Å². The first-order chi connectivity index (χ1) is 5.74. The predicted molar refractivity (Wildman–Crippen MR) is 53.3 cm³/mol. The van der Waals surface area contributed by atoms with Gasteiger partial charge in [-0.3, -0.25) is 4.79 Å². The zero-order valence-electron chi connectivity index (χ0n) is 7.48. The van der Waals surface area contributed by atoms with E-state index in [1.807, 2.05) is 0 Å². The van der Waals surface area contributed by atoms with Crippen molar-refractivity contribution in [2.45, 2.75) is 26.2 Å². The Morgan fingerprint density at radius 3 is 2.83 bits per heavy atom. The molecule has 0 aromatic heterocycles. The summed E-state index contributed by atoms with van der Waals surface area (Å²) in [5, 5.41) is 3.70. The lowest BCUT2D eigenvalue weighted by atomic mass is 10.1. The molecule has 0 aromatic rings. The Hall–Kier alpha value is -0.0500. The molecule has 0 saturated heterocycles. The SMILES string of the molecule is CC(CNC(=O)CCBr)C1CC1. The zero-order valence-corrected chi connectivity index (χ0v) is 9.06. The fourth-order valence-electron chi connectivity index (χ4n) is 1.28. The maximum atomic E-state index is 11.0. The second kappa shape index (κ2) is 4.85. The summed E-state index contributed by atoms with van der Waals surface area (Å²) < 4.78 is 0. The number of alkyl halides is 1. The Morgan fingerprint density at radius 1 is 1.67 bits per heavy atom. The third-order valence-electron chi connectivity index (χ3n) is 2.37. The second-order valence-corrected chi connectivity index (χ2v) is 4.35. The molecular weight excluding hydrogens is 218 g/mol. The van der Waals surface area contributed by atoms with Gasteiger partial charge < -0.3 is 5.32 Å². The van der Waals surface area contributed by atoms with Crippen LogP contribution in [0.2, 0.25) is 0 Å². The van der Waals surface area contributed by atoms with Gasteiger partial charge in [-0.05, 0) is 24.7 Å². The summed E-state index contributed by atoms with van der Waals surface area (Å²) in [6, 6.07) is 0. The molecule has 1 atom stereocenters. The molecule has 0 spiro atoms. The quantitative estimate of drug-likeness (QED) is 0.723. The van der Waals surface area contributed by atoms with Gasteiger partial charge in [0.05, 0.1) is 0 Å². The van der Waals surface area contributed by atoms with Gasteiger partial charge in [-0.1, -0.05) is 22.9 Å². The van der Waals surface area contributed by atoms with Crippen molar-refractivity contribution in [3.63, 3.8) is 0 Å². The highest BCUT2D eigenvalue weighted by Gasteiger charge is 2.27. The van der Waals surface area contributed by atoms with Gasteiger partial charge in [0.2, 0.25) is 5.91 Å². The lowest BCUT2D eigenvalue weighted by Crippen LogP contribution is -2.28. The van der Waals surface area contributed by atoms with E-state index in [1.54, 1.807) is 0 Å². The first kappa shape index (κ1) is 10.0. The van der Waals surface area contributed by atoms with E-state index >= 15 is 0 Å². The minimum absolute atomic E-state index is 0.166. The smallest absolute Gasteiger partial charge is 0.220 e. The molecule has 0 radical (unpaired) electrons. The van der Waals surface area contributed by atoms with Crippen LogP contribution >= 0.6 is 15.9 Å². The lowest BCUT2D eigenvalue weighted by molar-refractivity contribution is -0.120. The average Bonchev–Trinajstić information content (AvgIpc) is 2.83. The number of rotatable bonds is 5. The van der Waals surface area contributed by atoms with E-state index in [2.05, 4.69) is 28.2 Å². The van der Waals surface area contributed by atoms with E-state index in [4.69, 9.17) is 0 Å². The van der Waals surface area contributed by atoms with Crippen molar-refractivity contribution in [3.05, 3.63) is 0 Å². The summed E-state index contributed by atoms with van der Waals surface area (Å²) in [4.78, 5) is 11.0. The van der Waals surface area contributed by atoms with Gasteiger partial charge in [0, 0.05) is 18.3 Å². The predicted octanol–water partition coefficient (Wildman–Crippen LogP) is 1.93. The molecule has 0 aliphatic heterocycles. The van der Waals surface area contributed by atoms with Crippen molar-refractivity contribution in [1.82, 2.24) is 5.32 Å². The lowest BCUT2D eigenvalue weighted by Gasteiger charge is -2.10. The Kier molecular flexibility index (Phi) is 4.06. The molecule has 70 valence electrons. The number of halogens is 1. The number of hydrogen-bond donors (Lipinski definition) is 1. The summed E-state index contributed by atoms with van der Waals surface area (Å²) in [6.45, 7) is 3.07. The first-order valence-electron chi connectivity index (χ1n) is 4.56. The van der Waals surface area contributed by atoms with Crippen molar-refractivity contribution < 1.29 is 4.79 Å². The number of carbonyl (C=O) groups excluding carboxylic acids is 1. The van der Waals surface area contributed by atoms with Gasteiger partial charge in [-0.15, -0.1) is 0 Å². The molecule has 3 heteroatoms. The van der Waals surface area contributed by atoms with Crippen LogP contribution in [0, 0.1) is 11.8 Å². The van der Waals surface area contributed by atoms with Gasteiger partial charge in [-0.2, -0.15) is 0 Å². The van der Waals surface area contributed by atoms with Crippen LogP contribution < -0.4 is 5.32 Å². The van der Waals surface area contributed by atoms with E-state index in [0.717, 1.165) is 17.8 Å². The highest BCUT2D eigenvalue weighted by Crippen LogP contribution is 2.35. The molecule has 2 nitrogen and oxygen atoms in total. The van der Waals surface area contributed by atoms with Crippen LogP contribution in [0.3, 0.4) is 0 Å². The Balaban J connectivity index is 2.03. The molecule has 1 saturated carbocycles. The van der Waals surface area contributed by atoms with Crippen molar-refractivity contribution in [1.29, 1.82) is 0 Å². The number of carbonyl (C=O) groups is 1. The second-order valence-electron chi connectivity index (χ2n) is 3.56. The number of hydrogen-bond acceptors (Lipinski definition) is 1. The molecule has 12 heavy (non-hydrogen) atoms. The van der Waals surface area contributed by atoms with E-state index in [-0.39, 0.29) is 5.91 Å². The maximum Gasteiger partial charge on any atom is 0.220 e. The van der Waals surface area contributed by atoms with Gasteiger partial charge in [0.15, 0.2) is 0 Å². The molecule has 1 rings (SSSR count). The highest BCUT2D eigenvalue weighted by molar-refractivity contribution is 9.09. The monoisotopic (exact) mass is 233 g/mol. The first-order valence-corrected chi connectivity index (χ1v) is 5.69. The third kappa shape index (κ3) is 3.57. The van der Waals surface area contributed by atoms with Gasteiger partial charge in [0.1, 0.15) is 0 Å². The Bertz CT molecular complexity index is 157. The Labute approximate surface area is 82.2 Å². The molecule has 1 aliphatic rings. The van der Waals surface area contributed by atoms with Crippen LogP contribution in [0.25, 0.3) is 0 Å². The van der Waals surface area contributed by atoms with Gasteiger partial charge in [-0.25, -0.2) is 0 Å². The van der Waals surface area contributed by atoms with E-state index in [0.29, 0.717) is 12.3 Å². The summed E-state index contributed by atoms with van der Waals surface area (Å²) in [5.74, 6) is 1.72. The summed E-state index contributed by atoms with van der Waals surface area (Å²) in [6.07, 6.45) is 3.31. The normalized spacial score (nSPS) is 18.8. The fraction of sp³-hybridized carbons (Fsp3) is 0.889. The molecule has 1 N–H and O–H groups in total. The van der Waals surface area contributed by atoms with Crippen LogP contribution in [-0.2, 0) is 4.79 Å². The average molecular weight is 234 g/mol. The highest BCUT2D eigenvalue weighted by atomic mass is 79.9. The van der Waals surface area contributed by atoms with Gasteiger partial charge in [0.25, 0.3) is 0 Å². The van der Waals surface area contributed by atoms with Crippen LogP contribution in [0.5, 0.6) is 0 Å². The fourth-order valence-corrected chi connectivity index (χ4v) is 1.64. The van der Waals surface area contributed by atoms with Crippen LogP contribution in [0.15, 0.2) is 0 Å². The van der Waals surface area contributed by atoms with Crippen LogP contribution in [0.1, 0.15) is 26.2 Å². The van der Waals surface area contributed by atoms with E-state index in [9.17, 15) is 4.79 Å². The maximum absolute atomic E-state index is 11.0. The minimum Gasteiger partial charge on any atom is -0.356 e. The topological polar surface area (TPSA) is 29.1 Å². The zero-order chi connectivity index (χ0) is 8.97. The standard InChI is InChI=1S/C9H16BrNO/c1-7(8-2-3-8)6-11-9(12)4-5-10/h7-8H,2-6H2,1H3,(H,11,12). The number of nitrogens with one attached hydrogen (secondary N) is 1. The minimum atomic E-state index is 0.166.